The van der Waals surface area contributed by atoms with Gasteiger partial charge in [-0.05, 0) is 36.5 Å². The fourth-order valence-electron chi connectivity index (χ4n) is 3.05. The van der Waals surface area contributed by atoms with E-state index in [9.17, 15) is 4.79 Å². The van der Waals surface area contributed by atoms with Gasteiger partial charge in [0.1, 0.15) is 0 Å². The summed E-state index contributed by atoms with van der Waals surface area (Å²) in [7, 11) is 0. The molecule has 2 aliphatic heterocycles. The maximum absolute atomic E-state index is 12.3. The Labute approximate surface area is 115 Å². The number of hydrogen-bond acceptors (Lipinski definition) is 2. The predicted octanol–water partition coefficient (Wildman–Crippen LogP) is 2.60. The number of anilines is 1. The van der Waals surface area contributed by atoms with Gasteiger partial charge in [0.2, 0.25) is 5.91 Å². The number of fused-ring (bicyclic) bond motifs is 1. The summed E-state index contributed by atoms with van der Waals surface area (Å²) in [5.74, 6) is 0.292. The number of amides is 1. The van der Waals surface area contributed by atoms with Gasteiger partial charge < -0.3 is 10.2 Å². The highest BCUT2D eigenvalue weighted by Gasteiger charge is 2.17. The zero-order valence-electron chi connectivity index (χ0n) is 11.5. The van der Waals surface area contributed by atoms with E-state index >= 15 is 0 Å². The summed E-state index contributed by atoms with van der Waals surface area (Å²) in [5.41, 5.74) is 3.74. The van der Waals surface area contributed by atoms with E-state index in [4.69, 9.17) is 0 Å². The summed E-state index contributed by atoms with van der Waals surface area (Å²) >= 11 is 0. The van der Waals surface area contributed by atoms with Crippen LogP contribution in [0.5, 0.6) is 0 Å². The number of carbonyl (C=O) groups excluding carboxylic acids is 1. The summed E-state index contributed by atoms with van der Waals surface area (Å²) in [6.07, 6.45) is 6.53. The summed E-state index contributed by atoms with van der Waals surface area (Å²) in [4.78, 5) is 14.4. The van der Waals surface area contributed by atoms with Crippen molar-refractivity contribution in [1.29, 1.82) is 0 Å². The van der Waals surface area contributed by atoms with E-state index in [-0.39, 0.29) is 0 Å². The van der Waals surface area contributed by atoms with Crippen LogP contribution < -0.4 is 5.32 Å². The lowest BCUT2D eigenvalue weighted by atomic mass is 10.1. The van der Waals surface area contributed by atoms with Crippen molar-refractivity contribution < 1.29 is 4.79 Å². The molecular formula is C16H22N2O. The van der Waals surface area contributed by atoms with Crippen LogP contribution in [0.3, 0.4) is 0 Å². The van der Waals surface area contributed by atoms with Crippen molar-refractivity contribution in [1.82, 2.24) is 4.90 Å². The normalized spacial score (nSPS) is 18.6. The molecule has 3 heteroatoms. The number of likely N-dealkylation sites (tertiary alicyclic amines) is 1. The lowest BCUT2D eigenvalue weighted by molar-refractivity contribution is -0.130. The highest BCUT2D eigenvalue weighted by atomic mass is 16.2. The van der Waals surface area contributed by atoms with Crippen LogP contribution in [0.15, 0.2) is 18.2 Å². The molecule has 102 valence electrons. The molecule has 0 bridgehead atoms. The zero-order chi connectivity index (χ0) is 13.1. The first-order valence-corrected chi connectivity index (χ1v) is 7.46. The summed E-state index contributed by atoms with van der Waals surface area (Å²) in [6.45, 7) is 2.92. The molecular weight excluding hydrogens is 236 g/mol. The monoisotopic (exact) mass is 258 g/mol. The van der Waals surface area contributed by atoms with Gasteiger partial charge in [0.05, 0.1) is 6.42 Å². The molecule has 1 aromatic carbocycles. The highest BCUT2D eigenvalue weighted by Crippen LogP contribution is 2.23. The third-order valence-electron chi connectivity index (χ3n) is 4.20. The van der Waals surface area contributed by atoms with Gasteiger partial charge in [-0.1, -0.05) is 25.0 Å². The first-order chi connectivity index (χ1) is 9.33. The van der Waals surface area contributed by atoms with Gasteiger partial charge in [0.25, 0.3) is 0 Å². The Morgan fingerprint density at radius 3 is 2.74 bits per heavy atom. The molecule has 1 amide bonds. The van der Waals surface area contributed by atoms with Crippen LogP contribution in [0.1, 0.15) is 36.8 Å². The van der Waals surface area contributed by atoms with Gasteiger partial charge in [-0.25, -0.2) is 0 Å². The van der Waals surface area contributed by atoms with E-state index in [1.807, 2.05) is 4.90 Å². The van der Waals surface area contributed by atoms with E-state index in [0.29, 0.717) is 12.3 Å². The molecule has 1 fully saturated rings. The van der Waals surface area contributed by atoms with E-state index in [1.165, 1.54) is 24.1 Å². The van der Waals surface area contributed by atoms with Crippen LogP contribution in [0.2, 0.25) is 0 Å². The van der Waals surface area contributed by atoms with Gasteiger partial charge >= 0.3 is 0 Å². The molecule has 2 heterocycles. The Morgan fingerprint density at radius 1 is 1.16 bits per heavy atom. The van der Waals surface area contributed by atoms with Gasteiger partial charge in [-0.3, -0.25) is 4.79 Å². The molecule has 3 nitrogen and oxygen atoms in total. The molecule has 0 radical (unpaired) electrons. The fourth-order valence-corrected chi connectivity index (χ4v) is 3.05. The molecule has 0 aromatic heterocycles. The average Bonchev–Trinajstić information content (AvgIpc) is 2.71. The minimum absolute atomic E-state index is 0.292. The van der Waals surface area contributed by atoms with E-state index in [1.54, 1.807) is 0 Å². The number of nitrogens with zero attached hydrogens (tertiary/aromatic N) is 1. The van der Waals surface area contributed by atoms with Gasteiger partial charge in [-0.2, -0.15) is 0 Å². The molecule has 0 aliphatic carbocycles. The number of nitrogens with one attached hydrogen (secondary N) is 1. The molecule has 19 heavy (non-hydrogen) atoms. The van der Waals surface area contributed by atoms with Crippen molar-refractivity contribution >= 4 is 11.6 Å². The summed E-state index contributed by atoms with van der Waals surface area (Å²) < 4.78 is 0. The summed E-state index contributed by atoms with van der Waals surface area (Å²) in [6, 6.07) is 6.43. The molecule has 3 rings (SSSR count). The molecule has 0 saturated carbocycles. The number of hydrogen-bond donors (Lipinski definition) is 1. The topological polar surface area (TPSA) is 32.3 Å². The molecule has 1 saturated heterocycles. The van der Waals surface area contributed by atoms with Crippen molar-refractivity contribution in [3.05, 3.63) is 29.3 Å². The van der Waals surface area contributed by atoms with Gasteiger partial charge in [-0.15, -0.1) is 0 Å². The summed E-state index contributed by atoms with van der Waals surface area (Å²) in [5, 5.41) is 3.38. The molecule has 0 atom stereocenters. The van der Waals surface area contributed by atoms with Crippen molar-refractivity contribution in [3.63, 3.8) is 0 Å². The van der Waals surface area contributed by atoms with Crippen LogP contribution in [0.25, 0.3) is 0 Å². The van der Waals surface area contributed by atoms with Gasteiger partial charge in [0.15, 0.2) is 0 Å². The van der Waals surface area contributed by atoms with Gasteiger partial charge in [0, 0.05) is 25.3 Å². The van der Waals surface area contributed by atoms with Crippen molar-refractivity contribution in [2.24, 2.45) is 0 Å². The van der Waals surface area contributed by atoms with Crippen molar-refractivity contribution in [2.75, 3.05) is 25.0 Å². The Kier molecular flexibility index (Phi) is 3.72. The maximum atomic E-state index is 12.3. The van der Waals surface area contributed by atoms with Crippen LogP contribution in [-0.4, -0.2) is 30.4 Å². The Morgan fingerprint density at radius 2 is 1.95 bits per heavy atom. The van der Waals surface area contributed by atoms with Crippen LogP contribution in [0, 0.1) is 0 Å². The third-order valence-corrected chi connectivity index (χ3v) is 4.20. The molecule has 0 unspecified atom stereocenters. The van der Waals surface area contributed by atoms with Crippen molar-refractivity contribution in [2.45, 2.75) is 38.5 Å². The van der Waals surface area contributed by atoms with E-state index < -0.39 is 0 Å². The van der Waals surface area contributed by atoms with Crippen LogP contribution in [-0.2, 0) is 17.6 Å². The number of benzene rings is 1. The number of rotatable bonds is 2. The smallest absolute Gasteiger partial charge is 0.226 e. The minimum atomic E-state index is 0.292. The molecule has 1 aromatic rings. The molecule has 1 N–H and O–H groups in total. The fraction of sp³-hybridized carbons (Fsp3) is 0.562. The third kappa shape index (κ3) is 2.91. The van der Waals surface area contributed by atoms with Crippen LogP contribution in [0.4, 0.5) is 5.69 Å². The predicted molar refractivity (Wildman–Crippen MR) is 77.4 cm³/mol. The Bertz CT molecular complexity index is 462. The quantitative estimate of drug-likeness (QED) is 0.884. The molecule has 0 spiro atoms. The standard InChI is InChI=1S/C16H22N2O/c19-16(18-9-3-1-2-4-10-18)12-13-5-6-14-7-8-17-15(14)11-13/h5-6,11,17H,1-4,7-10,12H2. The minimum Gasteiger partial charge on any atom is -0.384 e. The van der Waals surface area contributed by atoms with Crippen LogP contribution >= 0.6 is 0 Å². The Hall–Kier alpha value is -1.51. The van der Waals surface area contributed by atoms with Crippen molar-refractivity contribution in [3.8, 4) is 0 Å². The lowest BCUT2D eigenvalue weighted by Crippen LogP contribution is -2.33. The Balaban J connectivity index is 1.65. The second-order valence-electron chi connectivity index (χ2n) is 5.64. The van der Waals surface area contributed by atoms with E-state index in [2.05, 4.69) is 23.5 Å². The average molecular weight is 258 g/mol. The van der Waals surface area contributed by atoms with E-state index in [0.717, 1.165) is 44.5 Å². The largest absolute Gasteiger partial charge is 0.384 e. The lowest BCUT2D eigenvalue weighted by Gasteiger charge is -2.20. The first kappa shape index (κ1) is 12.5. The molecule has 2 aliphatic rings. The second kappa shape index (κ2) is 5.64. The second-order valence-corrected chi connectivity index (χ2v) is 5.64. The zero-order valence-corrected chi connectivity index (χ0v) is 11.5. The maximum Gasteiger partial charge on any atom is 0.226 e. The first-order valence-electron chi connectivity index (χ1n) is 7.46. The SMILES string of the molecule is O=C(Cc1ccc2c(c1)NCC2)N1CCCCCC1. The highest BCUT2D eigenvalue weighted by molar-refractivity contribution is 5.79. The number of carbonyl (C=O) groups is 1.